The van der Waals surface area contributed by atoms with E-state index in [1.807, 2.05) is 0 Å². The first-order valence-corrected chi connectivity index (χ1v) is 8.78. The number of carbonyl (C=O) groups excluding carboxylic acids is 3. The number of nitrogens with one attached hydrogen (secondary N) is 1. The maximum absolute atomic E-state index is 12.5. The summed E-state index contributed by atoms with van der Waals surface area (Å²) in [4.78, 5) is 39.9. The average Bonchev–Trinajstić information content (AvgIpc) is 3.18. The molecule has 1 aromatic carbocycles. The van der Waals surface area contributed by atoms with E-state index in [9.17, 15) is 14.4 Å². The molecule has 8 heteroatoms. The molecule has 7 nitrogen and oxygen atoms in total. The summed E-state index contributed by atoms with van der Waals surface area (Å²) in [5.41, 5.74) is 6.15. The monoisotopic (exact) mass is 364 g/mol. The summed E-state index contributed by atoms with van der Waals surface area (Å²) in [7, 11) is 0. The van der Waals surface area contributed by atoms with Crippen molar-refractivity contribution in [1.82, 2.24) is 10.2 Å². The molecule has 3 rings (SSSR count). The van der Waals surface area contributed by atoms with Crippen molar-refractivity contribution < 1.29 is 14.4 Å². The van der Waals surface area contributed by atoms with Crippen LogP contribution in [0.3, 0.4) is 0 Å². The molecule has 2 unspecified atom stereocenters. The highest BCUT2D eigenvalue weighted by Crippen LogP contribution is 2.24. The van der Waals surface area contributed by atoms with Crippen molar-refractivity contribution in [3.8, 4) is 0 Å². The van der Waals surface area contributed by atoms with Gasteiger partial charge in [-0.25, -0.2) is 9.69 Å². The molecule has 2 atom stereocenters. The van der Waals surface area contributed by atoms with Gasteiger partial charge in [-0.1, -0.05) is 11.6 Å². The number of anilines is 1. The number of nitrogens with two attached hydrogens (primary N) is 1. The number of amides is 4. The third-order valence-electron chi connectivity index (χ3n) is 4.72. The van der Waals surface area contributed by atoms with Crippen LogP contribution in [0.1, 0.15) is 25.7 Å². The fourth-order valence-electron chi connectivity index (χ4n) is 3.38. The van der Waals surface area contributed by atoms with Crippen LogP contribution < -0.4 is 16.0 Å². The van der Waals surface area contributed by atoms with E-state index in [2.05, 4.69) is 5.32 Å². The van der Waals surface area contributed by atoms with Gasteiger partial charge in [0.2, 0.25) is 5.91 Å². The van der Waals surface area contributed by atoms with E-state index in [4.69, 9.17) is 17.3 Å². The number of imide groups is 1. The van der Waals surface area contributed by atoms with Gasteiger partial charge >= 0.3 is 6.03 Å². The fourth-order valence-corrected chi connectivity index (χ4v) is 3.51. The van der Waals surface area contributed by atoms with E-state index < -0.39 is 12.1 Å². The maximum Gasteiger partial charge on any atom is 0.329 e. The molecule has 2 heterocycles. The van der Waals surface area contributed by atoms with Gasteiger partial charge in [-0.15, -0.1) is 0 Å². The Morgan fingerprint density at radius 2 is 2.00 bits per heavy atom. The van der Waals surface area contributed by atoms with Crippen LogP contribution in [0.2, 0.25) is 5.02 Å². The highest BCUT2D eigenvalue weighted by Gasteiger charge is 2.39. The van der Waals surface area contributed by atoms with E-state index in [1.54, 1.807) is 29.2 Å². The molecule has 25 heavy (non-hydrogen) atoms. The van der Waals surface area contributed by atoms with E-state index in [0.717, 1.165) is 17.7 Å². The van der Waals surface area contributed by atoms with Gasteiger partial charge in [0.25, 0.3) is 5.91 Å². The third kappa shape index (κ3) is 3.62. The second-order valence-electron chi connectivity index (χ2n) is 6.31. The van der Waals surface area contributed by atoms with Crippen molar-refractivity contribution in [2.24, 2.45) is 5.73 Å². The van der Waals surface area contributed by atoms with Crippen molar-refractivity contribution in [3.63, 3.8) is 0 Å². The minimum atomic E-state index is -0.689. The predicted molar refractivity (Wildman–Crippen MR) is 94.3 cm³/mol. The van der Waals surface area contributed by atoms with Gasteiger partial charge in [0.15, 0.2) is 0 Å². The van der Waals surface area contributed by atoms with Crippen molar-refractivity contribution in [3.05, 3.63) is 29.3 Å². The standard InChI is InChI=1S/C17H21ClN4O3/c18-11-3-5-12(6-4-11)22-16(24)14(20-17(22)25)7-8-15(23)21-9-1-2-13(21)10-19/h3-6,13-14H,1-2,7-10,19H2,(H,20,25). The minimum Gasteiger partial charge on any atom is -0.338 e. The normalized spacial score (nSPS) is 23.3. The number of halogens is 1. The second-order valence-corrected chi connectivity index (χ2v) is 6.75. The van der Waals surface area contributed by atoms with E-state index in [0.29, 0.717) is 23.8 Å². The second kappa shape index (κ2) is 7.41. The summed E-state index contributed by atoms with van der Waals surface area (Å²) in [6.45, 7) is 1.16. The van der Waals surface area contributed by atoms with Crippen LogP contribution in [0, 0.1) is 0 Å². The van der Waals surface area contributed by atoms with E-state index in [1.165, 1.54) is 0 Å². The van der Waals surface area contributed by atoms with Crippen LogP contribution in [-0.2, 0) is 9.59 Å². The molecule has 3 N–H and O–H groups in total. The van der Waals surface area contributed by atoms with Crippen LogP contribution in [0.4, 0.5) is 10.5 Å². The maximum atomic E-state index is 12.5. The lowest BCUT2D eigenvalue weighted by Gasteiger charge is -2.23. The summed E-state index contributed by atoms with van der Waals surface area (Å²) in [6.07, 6.45) is 2.37. The van der Waals surface area contributed by atoms with Crippen molar-refractivity contribution in [2.45, 2.75) is 37.8 Å². The fraction of sp³-hybridized carbons (Fsp3) is 0.471. The molecule has 2 saturated heterocycles. The Kier molecular flexibility index (Phi) is 5.24. The lowest BCUT2D eigenvalue weighted by Crippen LogP contribution is -2.40. The number of benzene rings is 1. The SMILES string of the molecule is NCC1CCCN1C(=O)CCC1NC(=O)N(c2ccc(Cl)cc2)C1=O. The summed E-state index contributed by atoms with van der Waals surface area (Å²) < 4.78 is 0. The van der Waals surface area contributed by atoms with E-state index >= 15 is 0 Å². The Morgan fingerprint density at radius 1 is 1.28 bits per heavy atom. The van der Waals surface area contributed by atoms with E-state index in [-0.39, 0.29) is 30.7 Å². The Labute approximate surface area is 151 Å². The van der Waals surface area contributed by atoms with Crippen molar-refractivity contribution >= 4 is 35.1 Å². The molecule has 0 bridgehead atoms. The van der Waals surface area contributed by atoms with Gasteiger partial charge in [-0.3, -0.25) is 9.59 Å². The first kappa shape index (κ1) is 17.7. The number of urea groups is 1. The Bertz CT molecular complexity index is 679. The molecule has 0 aromatic heterocycles. The molecule has 1 aromatic rings. The van der Waals surface area contributed by atoms with Gasteiger partial charge in [-0.05, 0) is 43.5 Å². The van der Waals surface area contributed by atoms with Crippen LogP contribution >= 0.6 is 11.6 Å². The quantitative estimate of drug-likeness (QED) is 0.774. The van der Waals surface area contributed by atoms with Crippen molar-refractivity contribution in [2.75, 3.05) is 18.0 Å². The first-order chi connectivity index (χ1) is 12.0. The van der Waals surface area contributed by atoms with Crippen LogP contribution in [0.5, 0.6) is 0 Å². The van der Waals surface area contributed by atoms with Crippen LogP contribution in [0.25, 0.3) is 0 Å². The number of hydrogen-bond donors (Lipinski definition) is 2. The molecule has 0 spiro atoms. The average molecular weight is 365 g/mol. The molecule has 134 valence electrons. The zero-order valence-electron chi connectivity index (χ0n) is 13.8. The predicted octanol–water partition coefficient (Wildman–Crippen LogP) is 1.49. The summed E-state index contributed by atoms with van der Waals surface area (Å²) in [5, 5.41) is 3.17. The van der Waals surface area contributed by atoms with Gasteiger partial charge in [0, 0.05) is 30.6 Å². The number of rotatable bonds is 5. The third-order valence-corrected chi connectivity index (χ3v) is 4.97. The van der Waals surface area contributed by atoms with Gasteiger partial charge in [0.1, 0.15) is 6.04 Å². The highest BCUT2D eigenvalue weighted by molar-refractivity contribution is 6.30. The summed E-state index contributed by atoms with van der Waals surface area (Å²) in [5.74, 6) is -0.364. The number of nitrogens with zero attached hydrogens (tertiary/aromatic N) is 2. The van der Waals surface area contributed by atoms with Crippen molar-refractivity contribution in [1.29, 1.82) is 0 Å². The molecule has 2 aliphatic rings. The highest BCUT2D eigenvalue weighted by atomic mass is 35.5. The minimum absolute atomic E-state index is 0.0139. The zero-order valence-corrected chi connectivity index (χ0v) is 14.5. The summed E-state index contributed by atoms with van der Waals surface area (Å²) in [6, 6.07) is 5.39. The summed E-state index contributed by atoms with van der Waals surface area (Å²) >= 11 is 5.84. The topological polar surface area (TPSA) is 95.7 Å². The molecule has 2 aliphatic heterocycles. The smallest absolute Gasteiger partial charge is 0.329 e. The molecule has 2 fully saturated rings. The Balaban J connectivity index is 1.61. The molecular formula is C17H21ClN4O3. The number of hydrogen-bond acceptors (Lipinski definition) is 4. The molecule has 4 amide bonds. The molecular weight excluding hydrogens is 344 g/mol. The number of carbonyl (C=O) groups is 3. The lowest BCUT2D eigenvalue weighted by molar-refractivity contribution is -0.132. The Hall–Kier alpha value is -2.12. The molecule has 0 radical (unpaired) electrons. The molecule has 0 aliphatic carbocycles. The first-order valence-electron chi connectivity index (χ1n) is 8.41. The lowest BCUT2D eigenvalue weighted by atomic mass is 10.1. The zero-order chi connectivity index (χ0) is 18.0. The van der Waals surface area contributed by atoms with Crippen LogP contribution in [-0.4, -0.2) is 47.9 Å². The van der Waals surface area contributed by atoms with Gasteiger partial charge < -0.3 is 16.0 Å². The van der Waals surface area contributed by atoms with Gasteiger partial charge in [-0.2, -0.15) is 0 Å². The van der Waals surface area contributed by atoms with Gasteiger partial charge in [0.05, 0.1) is 5.69 Å². The Morgan fingerprint density at radius 3 is 2.68 bits per heavy atom. The van der Waals surface area contributed by atoms with Crippen LogP contribution in [0.15, 0.2) is 24.3 Å². The molecule has 0 saturated carbocycles. The number of likely N-dealkylation sites (tertiary alicyclic amines) is 1. The largest absolute Gasteiger partial charge is 0.338 e.